The molecule has 1 aromatic rings. The number of hydrogen-bond acceptors (Lipinski definition) is 3. The largest absolute Gasteiger partial charge is 0.379 e. The molecular formula is C20H34N4O. The highest BCUT2D eigenvalue weighted by Gasteiger charge is 2.24. The van der Waals surface area contributed by atoms with E-state index in [0.717, 1.165) is 25.6 Å². The molecule has 0 amide bonds. The van der Waals surface area contributed by atoms with Crippen LogP contribution in [0.5, 0.6) is 0 Å². The van der Waals surface area contributed by atoms with E-state index in [1.54, 1.807) is 14.2 Å². The fourth-order valence-electron chi connectivity index (χ4n) is 3.29. The van der Waals surface area contributed by atoms with Crippen LogP contribution in [0.25, 0.3) is 0 Å². The number of ether oxygens (including phenoxy) is 1. The highest BCUT2D eigenvalue weighted by molar-refractivity contribution is 5.79. The Morgan fingerprint density at radius 3 is 2.72 bits per heavy atom. The van der Waals surface area contributed by atoms with Crippen LogP contribution in [0, 0.1) is 5.41 Å². The van der Waals surface area contributed by atoms with Crippen molar-refractivity contribution >= 4 is 11.6 Å². The van der Waals surface area contributed by atoms with Crippen molar-refractivity contribution in [2.75, 3.05) is 39.2 Å². The van der Waals surface area contributed by atoms with E-state index >= 15 is 0 Å². The number of benzene rings is 1. The first-order valence-electron chi connectivity index (χ1n) is 9.15. The van der Waals surface area contributed by atoms with E-state index in [1.165, 1.54) is 29.7 Å². The van der Waals surface area contributed by atoms with E-state index in [0.29, 0.717) is 0 Å². The third kappa shape index (κ3) is 5.36. The minimum Gasteiger partial charge on any atom is -0.379 e. The van der Waals surface area contributed by atoms with Crippen molar-refractivity contribution in [2.24, 2.45) is 10.4 Å². The van der Waals surface area contributed by atoms with Crippen molar-refractivity contribution in [1.82, 2.24) is 10.6 Å². The number of guanidine groups is 1. The topological polar surface area (TPSA) is 48.9 Å². The highest BCUT2D eigenvalue weighted by atomic mass is 16.5. The second-order valence-corrected chi connectivity index (χ2v) is 7.89. The van der Waals surface area contributed by atoms with Crippen LogP contribution in [0.1, 0.15) is 38.3 Å². The molecule has 0 aromatic heterocycles. The standard InChI is InChI=1S/C20H34N4O/c1-20(2,3)18(25-6)14-23-19(21-4)22-13-15-9-10-17-16(12-15)8-7-11-24(17)5/h9-10,12,18H,7-8,11,13-14H2,1-6H3,(H2,21,22,23). The van der Waals surface area contributed by atoms with Crippen LogP contribution in [0.4, 0.5) is 5.69 Å². The quantitative estimate of drug-likeness (QED) is 0.636. The molecule has 0 saturated heterocycles. The molecular weight excluding hydrogens is 312 g/mol. The van der Waals surface area contributed by atoms with Crippen molar-refractivity contribution in [3.63, 3.8) is 0 Å². The molecule has 0 radical (unpaired) electrons. The molecule has 25 heavy (non-hydrogen) atoms. The van der Waals surface area contributed by atoms with Crippen molar-refractivity contribution in [3.8, 4) is 0 Å². The maximum atomic E-state index is 5.59. The van der Waals surface area contributed by atoms with Gasteiger partial charge in [-0.3, -0.25) is 4.99 Å². The number of anilines is 1. The lowest BCUT2D eigenvalue weighted by Crippen LogP contribution is -2.45. The van der Waals surface area contributed by atoms with E-state index < -0.39 is 0 Å². The Labute approximate surface area is 152 Å². The third-order valence-corrected chi connectivity index (χ3v) is 4.88. The molecule has 0 saturated carbocycles. The van der Waals surface area contributed by atoms with Gasteiger partial charge in [0.1, 0.15) is 0 Å². The molecule has 1 aliphatic heterocycles. The molecule has 1 unspecified atom stereocenters. The Kier molecular flexibility index (Phi) is 6.71. The van der Waals surface area contributed by atoms with Gasteiger partial charge in [0, 0.05) is 46.5 Å². The summed E-state index contributed by atoms with van der Waals surface area (Å²) in [7, 11) is 5.73. The second kappa shape index (κ2) is 8.56. The number of methoxy groups -OCH3 is 1. The summed E-state index contributed by atoms with van der Waals surface area (Å²) in [6.45, 7) is 9.20. The van der Waals surface area contributed by atoms with E-state index in [1.807, 2.05) is 0 Å². The monoisotopic (exact) mass is 346 g/mol. The molecule has 1 aromatic carbocycles. The summed E-state index contributed by atoms with van der Waals surface area (Å²) in [6.07, 6.45) is 2.53. The van der Waals surface area contributed by atoms with Gasteiger partial charge in [0.2, 0.25) is 0 Å². The maximum absolute atomic E-state index is 5.59. The molecule has 2 N–H and O–H groups in total. The van der Waals surface area contributed by atoms with Crippen molar-refractivity contribution in [3.05, 3.63) is 29.3 Å². The first-order chi connectivity index (χ1) is 11.8. The minimum absolute atomic E-state index is 0.0884. The van der Waals surface area contributed by atoms with Gasteiger partial charge in [-0.2, -0.15) is 0 Å². The molecule has 1 aliphatic rings. The zero-order valence-corrected chi connectivity index (χ0v) is 16.6. The first-order valence-corrected chi connectivity index (χ1v) is 9.15. The molecule has 140 valence electrons. The Hall–Kier alpha value is -1.75. The molecule has 1 atom stereocenters. The molecule has 2 rings (SSSR count). The molecule has 5 heteroatoms. The Balaban J connectivity index is 1.91. The molecule has 1 heterocycles. The number of nitrogens with zero attached hydrogens (tertiary/aromatic N) is 2. The van der Waals surface area contributed by atoms with E-state index in [-0.39, 0.29) is 11.5 Å². The number of hydrogen-bond donors (Lipinski definition) is 2. The van der Waals surface area contributed by atoms with E-state index in [2.05, 4.69) is 66.5 Å². The molecule has 0 spiro atoms. The zero-order chi connectivity index (χ0) is 18.4. The number of aryl methyl sites for hydroxylation is 1. The fourth-order valence-corrected chi connectivity index (χ4v) is 3.29. The summed E-state index contributed by atoms with van der Waals surface area (Å²) in [5.74, 6) is 0.807. The highest BCUT2D eigenvalue weighted by Crippen LogP contribution is 2.26. The van der Waals surface area contributed by atoms with Gasteiger partial charge in [-0.05, 0) is 35.4 Å². The minimum atomic E-state index is 0.0884. The van der Waals surface area contributed by atoms with Crippen molar-refractivity contribution in [2.45, 2.75) is 46.3 Å². The van der Waals surface area contributed by atoms with E-state index in [9.17, 15) is 0 Å². The summed E-state index contributed by atoms with van der Waals surface area (Å²) in [5.41, 5.74) is 4.19. The van der Waals surface area contributed by atoms with Crippen molar-refractivity contribution in [1.29, 1.82) is 0 Å². The average Bonchev–Trinajstić information content (AvgIpc) is 2.57. The van der Waals surface area contributed by atoms with Crippen LogP contribution in [0.2, 0.25) is 0 Å². The molecule has 0 bridgehead atoms. The first kappa shape index (κ1) is 19.6. The van der Waals surface area contributed by atoms with Gasteiger partial charge in [0.25, 0.3) is 0 Å². The number of aliphatic imine (C=N–C) groups is 1. The molecule has 0 fully saturated rings. The van der Waals surface area contributed by atoms with Gasteiger partial charge in [0.15, 0.2) is 5.96 Å². The predicted molar refractivity (Wildman–Crippen MR) is 106 cm³/mol. The molecule has 5 nitrogen and oxygen atoms in total. The van der Waals surface area contributed by atoms with Gasteiger partial charge in [0.05, 0.1) is 6.10 Å². The van der Waals surface area contributed by atoms with Crippen LogP contribution >= 0.6 is 0 Å². The summed E-state index contributed by atoms with van der Waals surface area (Å²) < 4.78 is 5.59. The average molecular weight is 347 g/mol. The van der Waals surface area contributed by atoms with E-state index in [4.69, 9.17) is 4.74 Å². The Morgan fingerprint density at radius 2 is 2.08 bits per heavy atom. The Bertz CT molecular complexity index is 592. The van der Waals surface area contributed by atoms with Gasteiger partial charge in [-0.15, -0.1) is 0 Å². The SMILES string of the molecule is CN=C(NCc1ccc2c(c1)CCCN2C)NCC(OC)C(C)(C)C. The zero-order valence-electron chi connectivity index (χ0n) is 16.6. The fraction of sp³-hybridized carbons (Fsp3) is 0.650. The van der Waals surface area contributed by atoms with Crippen LogP contribution in [-0.2, 0) is 17.7 Å². The lowest BCUT2D eigenvalue weighted by atomic mass is 9.89. The predicted octanol–water partition coefficient (Wildman–Crippen LogP) is 2.80. The van der Waals surface area contributed by atoms with Gasteiger partial charge in [-0.1, -0.05) is 32.9 Å². The van der Waals surface area contributed by atoms with Crippen molar-refractivity contribution < 1.29 is 4.74 Å². The lowest BCUT2D eigenvalue weighted by Gasteiger charge is -2.30. The van der Waals surface area contributed by atoms with Crippen LogP contribution in [0.3, 0.4) is 0 Å². The number of fused-ring (bicyclic) bond motifs is 1. The molecule has 0 aliphatic carbocycles. The smallest absolute Gasteiger partial charge is 0.191 e. The second-order valence-electron chi connectivity index (χ2n) is 7.89. The summed E-state index contributed by atoms with van der Waals surface area (Å²) in [4.78, 5) is 6.66. The summed E-state index contributed by atoms with van der Waals surface area (Å²) in [6, 6.07) is 6.76. The lowest BCUT2D eigenvalue weighted by molar-refractivity contribution is 0.0205. The number of nitrogens with one attached hydrogen (secondary N) is 2. The number of rotatable bonds is 5. The maximum Gasteiger partial charge on any atom is 0.191 e. The van der Waals surface area contributed by atoms with Crippen LogP contribution in [0.15, 0.2) is 23.2 Å². The Morgan fingerprint density at radius 1 is 1.32 bits per heavy atom. The van der Waals surface area contributed by atoms with Crippen LogP contribution in [-0.4, -0.2) is 46.4 Å². The van der Waals surface area contributed by atoms with Gasteiger partial charge < -0.3 is 20.3 Å². The normalized spacial score (nSPS) is 16.4. The summed E-state index contributed by atoms with van der Waals surface area (Å²) >= 11 is 0. The third-order valence-electron chi connectivity index (χ3n) is 4.88. The summed E-state index contributed by atoms with van der Waals surface area (Å²) in [5, 5.41) is 6.78. The van der Waals surface area contributed by atoms with Crippen LogP contribution < -0.4 is 15.5 Å². The van der Waals surface area contributed by atoms with Gasteiger partial charge >= 0.3 is 0 Å². The van der Waals surface area contributed by atoms with Gasteiger partial charge in [-0.25, -0.2) is 0 Å².